The zero-order chi connectivity index (χ0) is 18.3. The monoisotopic (exact) mass is 346 g/mol. The first-order valence-electron chi connectivity index (χ1n) is 8.57. The van der Waals surface area contributed by atoms with Gasteiger partial charge in [-0.2, -0.15) is 0 Å². The van der Waals surface area contributed by atoms with Gasteiger partial charge in [-0.05, 0) is 12.5 Å². The minimum Gasteiger partial charge on any atom is -0.458 e. The molecule has 6 atom stereocenters. The highest BCUT2D eigenvalue weighted by molar-refractivity contribution is 5.83. The van der Waals surface area contributed by atoms with Crippen LogP contribution in [-0.4, -0.2) is 28.4 Å². The molecule has 0 saturated carbocycles. The van der Waals surface area contributed by atoms with Crippen LogP contribution < -0.4 is 5.63 Å². The van der Waals surface area contributed by atoms with Crippen molar-refractivity contribution in [1.29, 1.82) is 0 Å². The van der Waals surface area contributed by atoms with E-state index in [-0.39, 0.29) is 5.92 Å². The standard InChI is InChI=1S/C19H22O6/c1-8(2)14-12-9(7-11(21)24-14)19(4)10(20)5-6-18(3)16(19)15(13(12)22)25-17(18)23/h5-8,10,13,15-16,20,22H,1-4H3. The van der Waals surface area contributed by atoms with Gasteiger partial charge < -0.3 is 19.4 Å². The van der Waals surface area contributed by atoms with Crippen molar-refractivity contribution in [2.45, 2.75) is 57.3 Å². The number of ether oxygens (including phenoxy) is 1. The Hall–Kier alpha value is -1.92. The van der Waals surface area contributed by atoms with E-state index in [0.717, 1.165) is 0 Å². The van der Waals surface area contributed by atoms with E-state index >= 15 is 0 Å². The molecule has 6 unspecified atom stereocenters. The van der Waals surface area contributed by atoms with Crippen LogP contribution in [0.1, 0.15) is 56.6 Å². The third-order valence-electron chi connectivity index (χ3n) is 6.28. The van der Waals surface area contributed by atoms with Gasteiger partial charge >= 0.3 is 11.6 Å². The molecule has 2 N–H and O–H groups in total. The van der Waals surface area contributed by atoms with Crippen molar-refractivity contribution < 1.29 is 24.2 Å². The van der Waals surface area contributed by atoms with Gasteiger partial charge in [0.25, 0.3) is 0 Å². The van der Waals surface area contributed by atoms with Gasteiger partial charge in [0.15, 0.2) is 0 Å². The van der Waals surface area contributed by atoms with Gasteiger partial charge in [-0.25, -0.2) is 4.79 Å². The summed E-state index contributed by atoms with van der Waals surface area (Å²) in [5, 5.41) is 21.8. The zero-order valence-corrected chi connectivity index (χ0v) is 14.6. The number of carbonyl (C=O) groups is 1. The Morgan fingerprint density at radius 1 is 1.20 bits per heavy atom. The van der Waals surface area contributed by atoms with Crippen molar-refractivity contribution >= 4 is 5.97 Å². The molecule has 1 aliphatic heterocycles. The third-order valence-corrected chi connectivity index (χ3v) is 6.28. The maximum absolute atomic E-state index is 12.6. The Kier molecular flexibility index (Phi) is 3.19. The van der Waals surface area contributed by atoms with Crippen molar-refractivity contribution in [2.24, 2.45) is 11.3 Å². The number of hydrogen-bond acceptors (Lipinski definition) is 6. The normalized spacial score (nSPS) is 41.5. The summed E-state index contributed by atoms with van der Waals surface area (Å²) in [6.07, 6.45) is 0.458. The zero-order valence-electron chi connectivity index (χ0n) is 14.6. The average Bonchev–Trinajstić information content (AvgIpc) is 2.82. The van der Waals surface area contributed by atoms with Gasteiger partial charge in [0, 0.05) is 28.9 Å². The summed E-state index contributed by atoms with van der Waals surface area (Å²) in [7, 11) is 0. The van der Waals surface area contributed by atoms with Gasteiger partial charge in [0.1, 0.15) is 18.0 Å². The van der Waals surface area contributed by atoms with Gasteiger partial charge in [-0.1, -0.05) is 32.9 Å². The van der Waals surface area contributed by atoms with Crippen LogP contribution in [-0.2, 0) is 14.9 Å². The third kappa shape index (κ3) is 1.81. The number of hydrogen-bond donors (Lipinski definition) is 2. The van der Waals surface area contributed by atoms with E-state index < -0.39 is 46.7 Å². The van der Waals surface area contributed by atoms with Crippen LogP contribution in [0, 0.1) is 11.3 Å². The first-order chi connectivity index (χ1) is 11.6. The summed E-state index contributed by atoms with van der Waals surface area (Å²) in [4.78, 5) is 24.7. The molecule has 1 aromatic heterocycles. The molecule has 4 rings (SSSR count). The van der Waals surface area contributed by atoms with Gasteiger partial charge in [-0.3, -0.25) is 4.79 Å². The van der Waals surface area contributed by atoms with E-state index in [0.29, 0.717) is 16.9 Å². The molecule has 1 fully saturated rings. The van der Waals surface area contributed by atoms with Crippen molar-refractivity contribution in [3.8, 4) is 0 Å². The summed E-state index contributed by atoms with van der Waals surface area (Å²) in [5.74, 6) is -0.663. The molecule has 134 valence electrons. The highest BCUT2D eigenvalue weighted by Gasteiger charge is 2.68. The second-order valence-electron chi connectivity index (χ2n) is 8.07. The van der Waals surface area contributed by atoms with E-state index in [2.05, 4.69) is 0 Å². The fraction of sp³-hybridized carbons (Fsp3) is 0.579. The fourth-order valence-corrected chi connectivity index (χ4v) is 5.04. The molecule has 2 aliphatic carbocycles. The molecular weight excluding hydrogens is 324 g/mol. The smallest absolute Gasteiger partial charge is 0.336 e. The number of aliphatic hydroxyl groups excluding tert-OH is 2. The maximum atomic E-state index is 12.6. The summed E-state index contributed by atoms with van der Waals surface area (Å²) in [5.41, 5.74) is -1.41. The maximum Gasteiger partial charge on any atom is 0.336 e. The topological polar surface area (TPSA) is 97.0 Å². The predicted molar refractivity (Wildman–Crippen MR) is 88.0 cm³/mol. The Morgan fingerprint density at radius 3 is 2.52 bits per heavy atom. The van der Waals surface area contributed by atoms with Crippen LogP contribution in [0.3, 0.4) is 0 Å². The van der Waals surface area contributed by atoms with E-state index in [4.69, 9.17) is 9.15 Å². The second-order valence-corrected chi connectivity index (χ2v) is 8.07. The fourth-order valence-electron chi connectivity index (χ4n) is 5.04. The molecule has 0 spiro atoms. The summed E-state index contributed by atoms with van der Waals surface area (Å²) in [6, 6.07) is 1.34. The SMILES string of the molecule is CC(C)c1oc(=O)cc2c1C(O)C1OC(=O)C3(C)C=CC(O)C2(C)C13. The van der Waals surface area contributed by atoms with E-state index in [1.165, 1.54) is 6.07 Å². The molecule has 1 aromatic rings. The number of fused-ring (bicyclic) bond motifs is 2. The lowest BCUT2D eigenvalue weighted by Gasteiger charge is -2.52. The van der Waals surface area contributed by atoms with E-state index in [9.17, 15) is 19.8 Å². The summed E-state index contributed by atoms with van der Waals surface area (Å²) >= 11 is 0. The van der Waals surface area contributed by atoms with Crippen LogP contribution in [0.5, 0.6) is 0 Å². The lowest BCUT2D eigenvalue weighted by molar-refractivity contribution is -0.150. The highest BCUT2D eigenvalue weighted by atomic mass is 16.6. The van der Waals surface area contributed by atoms with Crippen LogP contribution in [0.4, 0.5) is 0 Å². The first-order valence-corrected chi connectivity index (χ1v) is 8.57. The Morgan fingerprint density at radius 2 is 1.88 bits per heavy atom. The largest absolute Gasteiger partial charge is 0.458 e. The molecule has 3 aliphatic rings. The lowest BCUT2D eigenvalue weighted by atomic mass is 9.50. The number of aliphatic hydroxyl groups is 2. The van der Waals surface area contributed by atoms with Gasteiger partial charge in [0.05, 0.1) is 11.5 Å². The van der Waals surface area contributed by atoms with Crippen molar-refractivity contribution in [3.63, 3.8) is 0 Å². The molecule has 25 heavy (non-hydrogen) atoms. The second kappa shape index (κ2) is 4.83. The van der Waals surface area contributed by atoms with Gasteiger partial charge in [0.2, 0.25) is 0 Å². The molecule has 0 radical (unpaired) electrons. The predicted octanol–water partition coefficient (Wildman–Crippen LogP) is 1.55. The minimum atomic E-state index is -1.10. The molecule has 0 bridgehead atoms. The lowest BCUT2D eigenvalue weighted by Crippen LogP contribution is -2.58. The molecule has 6 nitrogen and oxygen atoms in total. The molecule has 0 aromatic carbocycles. The average molecular weight is 346 g/mol. The molecule has 2 heterocycles. The molecular formula is C19H22O6. The summed E-state index contributed by atoms with van der Waals surface area (Å²) in [6.45, 7) is 7.31. The minimum absolute atomic E-state index is 0.141. The van der Waals surface area contributed by atoms with Crippen LogP contribution in [0.25, 0.3) is 0 Å². The Balaban J connectivity index is 2.10. The quantitative estimate of drug-likeness (QED) is 0.591. The van der Waals surface area contributed by atoms with Crippen molar-refractivity contribution in [1.82, 2.24) is 0 Å². The van der Waals surface area contributed by atoms with E-state index in [1.807, 2.05) is 20.8 Å². The van der Waals surface area contributed by atoms with E-state index in [1.54, 1.807) is 19.1 Å². The van der Waals surface area contributed by atoms with Crippen LogP contribution in [0.15, 0.2) is 27.4 Å². The van der Waals surface area contributed by atoms with Crippen LogP contribution >= 0.6 is 0 Å². The van der Waals surface area contributed by atoms with Crippen LogP contribution in [0.2, 0.25) is 0 Å². The number of carbonyl (C=O) groups excluding carboxylic acids is 1. The summed E-state index contributed by atoms with van der Waals surface area (Å²) < 4.78 is 10.9. The molecule has 6 heteroatoms. The molecule has 1 saturated heterocycles. The highest BCUT2D eigenvalue weighted by Crippen LogP contribution is 2.61. The number of esters is 1. The molecule has 0 amide bonds. The Labute approximate surface area is 145 Å². The van der Waals surface area contributed by atoms with Crippen molar-refractivity contribution in [2.75, 3.05) is 0 Å². The first kappa shape index (κ1) is 16.5. The van der Waals surface area contributed by atoms with Gasteiger partial charge in [-0.15, -0.1) is 0 Å². The van der Waals surface area contributed by atoms with Crippen molar-refractivity contribution in [3.05, 3.63) is 45.5 Å². The Bertz CT molecular complexity index is 852. The number of rotatable bonds is 1.